The Kier molecular flexibility index (Phi) is 0.877. The first-order chi connectivity index (χ1) is 3.57. The molecule has 8 heavy (non-hydrogen) atoms. The number of rotatable bonds is 1. The lowest BCUT2D eigenvalue weighted by Gasteiger charge is -2.08. The van der Waals surface area contributed by atoms with Crippen LogP contribution in [-0.2, 0) is 0 Å². The third-order valence-corrected chi connectivity index (χ3v) is 2.13. The summed E-state index contributed by atoms with van der Waals surface area (Å²) in [5, 5.41) is 0. The summed E-state index contributed by atoms with van der Waals surface area (Å²) in [4.78, 5) is 0. The zero-order valence-electron chi connectivity index (χ0n) is 5.78. The molecule has 0 aromatic rings. The van der Waals surface area contributed by atoms with Gasteiger partial charge in [0.15, 0.2) is 0 Å². The van der Waals surface area contributed by atoms with Gasteiger partial charge in [-0.05, 0) is 20.8 Å². The fourth-order valence-electron chi connectivity index (χ4n) is 0.857. The van der Waals surface area contributed by atoms with E-state index < -0.39 is 0 Å². The Morgan fingerprint density at radius 2 is 2.12 bits per heavy atom. The molecule has 0 bridgehead atoms. The van der Waals surface area contributed by atoms with E-state index in [2.05, 4.69) is 33.4 Å². The first kappa shape index (κ1) is 5.61. The normalized spacial score (nSPS) is 34.1. The minimum atomic E-state index is 0.306. The van der Waals surface area contributed by atoms with Crippen LogP contribution in [0.4, 0.5) is 0 Å². The van der Waals surface area contributed by atoms with Gasteiger partial charge >= 0.3 is 0 Å². The van der Waals surface area contributed by atoms with E-state index in [4.69, 9.17) is 0 Å². The molecular weight excluding hydrogens is 96.1 g/mol. The van der Waals surface area contributed by atoms with E-state index in [0.717, 1.165) is 0 Å². The van der Waals surface area contributed by atoms with Crippen molar-refractivity contribution in [3.8, 4) is 0 Å². The fraction of sp³-hybridized carbons (Fsp3) is 0.500. The smallest absolute Gasteiger partial charge is 0.0267 e. The van der Waals surface area contributed by atoms with Gasteiger partial charge in [-0.15, -0.1) is 0 Å². The molecule has 0 spiro atoms. The van der Waals surface area contributed by atoms with Crippen LogP contribution in [0.3, 0.4) is 0 Å². The Morgan fingerprint density at radius 1 is 1.75 bits per heavy atom. The van der Waals surface area contributed by atoms with Crippen LogP contribution in [-0.4, -0.2) is 0 Å². The Morgan fingerprint density at radius 3 is 2.12 bits per heavy atom. The van der Waals surface area contributed by atoms with E-state index in [9.17, 15) is 0 Å². The van der Waals surface area contributed by atoms with Crippen LogP contribution < -0.4 is 0 Å². The minimum Gasteiger partial charge on any atom is -0.0990 e. The van der Waals surface area contributed by atoms with E-state index in [-0.39, 0.29) is 0 Å². The molecule has 1 atom stereocenters. The maximum Gasteiger partial charge on any atom is 0.0267 e. The maximum absolute atomic E-state index is 3.89. The van der Waals surface area contributed by atoms with Gasteiger partial charge in [0.05, 0.1) is 0 Å². The van der Waals surface area contributed by atoms with Crippen molar-refractivity contribution in [2.75, 3.05) is 0 Å². The molecule has 0 aromatic carbocycles. The van der Waals surface area contributed by atoms with E-state index in [1.165, 1.54) is 11.1 Å². The summed E-state index contributed by atoms with van der Waals surface area (Å²) in [6.07, 6.45) is 2.25. The molecule has 0 aliphatic heterocycles. The molecule has 0 heterocycles. The van der Waals surface area contributed by atoms with Crippen LogP contribution in [0.5, 0.6) is 0 Å². The summed E-state index contributed by atoms with van der Waals surface area (Å²) in [7, 11) is 0. The van der Waals surface area contributed by atoms with Crippen molar-refractivity contribution in [1.82, 2.24) is 0 Å². The van der Waals surface area contributed by atoms with Gasteiger partial charge in [-0.1, -0.05) is 23.8 Å². The first-order valence-corrected chi connectivity index (χ1v) is 2.93. The SMILES string of the molecule is C=C(C)C1(C)C=C1C. The highest BCUT2D eigenvalue weighted by Crippen LogP contribution is 2.48. The van der Waals surface area contributed by atoms with Crippen molar-refractivity contribution in [3.63, 3.8) is 0 Å². The summed E-state index contributed by atoms with van der Waals surface area (Å²) in [5.74, 6) is 0. The van der Waals surface area contributed by atoms with E-state index in [0.29, 0.717) is 5.41 Å². The molecule has 0 radical (unpaired) electrons. The molecule has 44 valence electrons. The Hall–Kier alpha value is -0.520. The second-order valence-corrected chi connectivity index (χ2v) is 2.81. The average Bonchev–Trinajstić information content (AvgIpc) is 2.17. The molecule has 0 saturated heterocycles. The quantitative estimate of drug-likeness (QED) is 0.453. The van der Waals surface area contributed by atoms with Crippen molar-refractivity contribution < 1.29 is 0 Å². The van der Waals surface area contributed by atoms with E-state index >= 15 is 0 Å². The van der Waals surface area contributed by atoms with Gasteiger partial charge in [0.1, 0.15) is 0 Å². The molecule has 0 nitrogen and oxygen atoms in total. The lowest BCUT2D eigenvalue weighted by Crippen LogP contribution is -1.97. The third kappa shape index (κ3) is 0.525. The summed E-state index contributed by atoms with van der Waals surface area (Å²) in [5.41, 5.74) is 3.03. The van der Waals surface area contributed by atoms with Crippen molar-refractivity contribution in [3.05, 3.63) is 23.8 Å². The molecule has 1 aliphatic carbocycles. The highest BCUT2D eigenvalue weighted by atomic mass is 14.4. The maximum atomic E-state index is 3.89. The van der Waals surface area contributed by atoms with Crippen molar-refractivity contribution in [1.29, 1.82) is 0 Å². The second kappa shape index (κ2) is 1.25. The lowest BCUT2D eigenvalue weighted by atomic mass is 9.96. The monoisotopic (exact) mass is 108 g/mol. The zero-order chi connectivity index (χ0) is 6.36. The lowest BCUT2D eigenvalue weighted by molar-refractivity contribution is 0.740. The van der Waals surface area contributed by atoms with Gasteiger partial charge in [0, 0.05) is 5.41 Å². The molecule has 0 aromatic heterocycles. The summed E-state index contributed by atoms with van der Waals surface area (Å²) < 4.78 is 0. The number of hydrogen-bond acceptors (Lipinski definition) is 0. The van der Waals surface area contributed by atoms with Crippen LogP contribution in [0.25, 0.3) is 0 Å². The van der Waals surface area contributed by atoms with Crippen LogP contribution in [0, 0.1) is 5.41 Å². The molecule has 1 unspecified atom stereocenters. The van der Waals surface area contributed by atoms with E-state index in [1.54, 1.807) is 0 Å². The Balaban J connectivity index is 2.64. The average molecular weight is 108 g/mol. The topological polar surface area (TPSA) is 0 Å². The van der Waals surface area contributed by atoms with Crippen molar-refractivity contribution in [2.24, 2.45) is 5.41 Å². The standard InChI is InChI=1S/C8H12/c1-6(2)8(4)5-7(8)3/h5H,1H2,2-4H3. The molecule has 0 amide bonds. The van der Waals surface area contributed by atoms with Crippen LogP contribution in [0.15, 0.2) is 23.8 Å². The molecule has 0 N–H and O–H groups in total. The van der Waals surface area contributed by atoms with Gasteiger partial charge < -0.3 is 0 Å². The molecule has 0 saturated carbocycles. The van der Waals surface area contributed by atoms with Crippen LogP contribution in [0.2, 0.25) is 0 Å². The molecule has 0 fully saturated rings. The number of allylic oxidation sites excluding steroid dienone is 3. The first-order valence-electron chi connectivity index (χ1n) is 2.93. The van der Waals surface area contributed by atoms with Crippen molar-refractivity contribution in [2.45, 2.75) is 20.8 Å². The van der Waals surface area contributed by atoms with Gasteiger partial charge in [-0.25, -0.2) is 0 Å². The molecule has 1 aliphatic rings. The van der Waals surface area contributed by atoms with Gasteiger partial charge in [0.25, 0.3) is 0 Å². The molecular formula is C8H12. The van der Waals surface area contributed by atoms with Crippen molar-refractivity contribution >= 4 is 0 Å². The Labute approximate surface area is 50.9 Å². The second-order valence-electron chi connectivity index (χ2n) is 2.81. The summed E-state index contributed by atoms with van der Waals surface area (Å²) >= 11 is 0. The van der Waals surface area contributed by atoms with Gasteiger partial charge in [-0.3, -0.25) is 0 Å². The highest BCUT2D eigenvalue weighted by molar-refractivity contribution is 5.45. The molecule has 0 heteroatoms. The van der Waals surface area contributed by atoms with E-state index in [1.807, 2.05) is 0 Å². The van der Waals surface area contributed by atoms with Crippen LogP contribution in [0.1, 0.15) is 20.8 Å². The summed E-state index contributed by atoms with van der Waals surface area (Å²) in [6, 6.07) is 0. The third-order valence-electron chi connectivity index (χ3n) is 2.13. The predicted molar refractivity (Wildman–Crippen MR) is 36.7 cm³/mol. The van der Waals surface area contributed by atoms with Gasteiger partial charge in [-0.2, -0.15) is 0 Å². The van der Waals surface area contributed by atoms with Gasteiger partial charge in [0.2, 0.25) is 0 Å². The molecule has 1 rings (SSSR count). The minimum absolute atomic E-state index is 0.306. The predicted octanol–water partition coefficient (Wildman–Crippen LogP) is 2.53. The zero-order valence-corrected chi connectivity index (χ0v) is 5.78. The Bertz CT molecular complexity index is 163. The summed E-state index contributed by atoms with van der Waals surface area (Å²) in [6.45, 7) is 10.3. The highest BCUT2D eigenvalue weighted by Gasteiger charge is 2.35. The van der Waals surface area contributed by atoms with Crippen LogP contribution >= 0.6 is 0 Å². The fourth-order valence-corrected chi connectivity index (χ4v) is 0.857. The largest absolute Gasteiger partial charge is 0.0990 e. The number of hydrogen-bond donors (Lipinski definition) is 0.